The van der Waals surface area contributed by atoms with Crippen molar-refractivity contribution in [1.82, 2.24) is 19.4 Å². The molecule has 3 heterocycles. The maximum atomic E-state index is 10.9. The van der Waals surface area contributed by atoms with Crippen LogP contribution in [0.5, 0.6) is 0 Å². The first kappa shape index (κ1) is 9.52. The summed E-state index contributed by atoms with van der Waals surface area (Å²) >= 11 is 0. The van der Waals surface area contributed by atoms with Crippen molar-refractivity contribution >= 4 is 28.5 Å². The number of carboxylic acid groups (broad SMARTS) is 1. The predicted octanol–water partition coefficient (Wildman–Crippen LogP) is 0.558. The van der Waals surface area contributed by atoms with Gasteiger partial charge in [-0.2, -0.15) is 0 Å². The van der Waals surface area contributed by atoms with Gasteiger partial charge < -0.3 is 10.8 Å². The summed E-state index contributed by atoms with van der Waals surface area (Å²) in [6.07, 6.45) is 4.36. The summed E-state index contributed by atoms with van der Waals surface area (Å²) in [5.41, 5.74) is 7.41. The lowest BCUT2D eigenvalue weighted by atomic mass is 10.2. The monoisotopic (exact) mass is 229 g/mol. The van der Waals surface area contributed by atoms with Crippen molar-refractivity contribution in [3.8, 4) is 0 Å². The zero-order chi connectivity index (χ0) is 12.0. The Morgan fingerprint density at radius 1 is 1.35 bits per heavy atom. The van der Waals surface area contributed by atoms with Gasteiger partial charge in [0, 0.05) is 6.20 Å². The maximum Gasteiger partial charge on any atom is 0.337 e. The molecule has 0 fully saturated rings. The largest absolute Gasteiger partial charge is 0.478 e. The smallest absolute Gasteiger partial charge is 0.337 e. The minimum atomic E-state index is -1.04. The highest BCUT2D eigenvalue weighted by molar-refractivity contribution is 5.92. The van der Waals surface area contributed by atoms with E-state index in [9.17, 15) is 4.79 Å². The number of aromatic carboxylic acids is 1. The summed E-state index contributed by atoms with van der Waals surface area (Å²) in [5, 5.41) is 8.91. The normalized spacial score (nSPS) is 11.1. The molecule has 0 aliphatic rings. The second kappa shape index (κ2) is 3.14. The summed E-state index contributed by atoms with van der Waals surface area (Å²) in [5.74, 6) is -0.727. The van der Waals surface area contributed by atoms with Gasteiger partial charge in [0.2, 0.25) is 0 Å². The Hall–Kier alpha value is -2.70. The van der Waals surface area contributed by atoms with Gasteiger partial charge in [0.1, 0.15) is 5.52 Å². The number of rotatable bonds is 1. The van der Waals surface area contributed by atoms with Crippen LogP contribution in [-0.2, 0) is 0 Å². The fourth-order valence-electron chi connectivity index (χ4n) is 1.67. The van der Waals surface area contributed by atoms with E-state index < -0.39 is 5.97 Å². The van der Waals surface area contributed by atoms with Crippen LogP contribution >= 0.6 is 0 Å². The third-order valence-electron chi connectivity index (χ3n) is 2.48. The molecule has 0 unspecified atom stereocenters. The van der Waals surface area contributed by atoms with Gasteiger partial charge in [-0.3, -0.25) is 4.40 Å². The van der Waals surface area contributed by atoms with Crippen molar-refractivity contribution in [1.29, 1.82) is 0 Å². The van der Waals surface area contributed by atoms with Gasteiger partial charge in [-0.15, -0.1) is 0 Å². The van der Waals surface area contributed by atoms with E-state index in [-0.39, 0.29) is 5.56 Å². The first-order valence-electron chi connectivity index (χ1n) is 4.77. The molecule has 0 atom stereocenters. The van der Waals surface area contributed by atoms with Gasteiger partial charge in [0.05, 0.1) is 23.6 Å². The van der Waals surface area contributed by atoms with Gasteiger partial charge in [0.15, 0.2) is 11.5 Å². The zero-order valence-electron chi connectivity index (χ0n) is 8.53. The first-order valence-corrected chi connectivity index (χ1v) is 4.77. The Bertz CT molecular complexity index is 749. The van der Waals surface area contributed by atoms with Crippen LogP contribution in [-0.4, -0.2) is 30.4 Å². The molecule has 84 valence electrons. The summed E-state index contributed by atoms with van der Waals surface area (Å²) in [6, 6.07) is 1.49. The van der Waals surface area contributed by atoms with Crippen LogP contribution in [0, 0.1) is 0 Å². The minimum absolute atomic E-state index is 0.0964. The van der Waals surface area contributed by atoms with Crippen molar-refractivity contribution in [3.05, 3.63) is 30.4 Å². The minimum Gasteiger partial charge on any atom is -0.478 e. The number of imidazole rings is 1. The Morgan fingerprint density at radius 3 is 2.94 bits per heavy atom. The van der Waals surface area contributed by atoms with Crippen molar-refractivity contribution in [2.24, 2.45) is 0 Å². The number of carboxylic acids is 1. The number of fused-ring (bicyclic) bond motifs is 3. The van der Waals surface area contributed by atoms with E-state index in [2.05, 4.69) is 15.0 Å². The van der Waals surface area contributed by atoms with Crippen LogP contribution in [0.25, 0.3) is 16.7 Å². The van der Waals surface area contributed by atoms with Crippen LogP contribution in [0.2, 0.25) is 0 Å². The van der Waals surface area contributed by atoms with E-state index in [1.54, 1.807) is 16.9 Å². The Kier molecular flexibility index (Phi) is 1.76. The summed E-state index contributed by atoms with van der Waals surface area (Å²) in [4.78, 5) is 22.9. The highest BCUT2D eigenvalue weighted by Gasteiger charge is 2.10. The molecule has 3 rings (SSSR count). The number of nitrogens with two attached hydrogens (primary N) is 1. The van der Waals surface area contributed by atoms with Gasteiger partial charge in [-0.25, -0.2) is 19.7 Å². The molecular weight excluding hydrogens is 222 g/mol. The number of anilines is 1. The summed E-state index contributed by atoms with van der Waals surface area (Å²) in [6.45, 7) is 0. The van der Waals surface area contributed by atoms with Crippen LogP contribution in [0.3, 0.4) is 0 Å². The lowest BCUT2D eigenvalue weighted by molar-refractivity contribution is 0.0696. The molecule has 0 spiro atoms. The van der Waals surface area contributed by atoms with Crippen LogP contribution in [0.4, 0.5) is 5.82 Å². The molecule has 17 heavy (non-hydrogen) atoms. The molecule has 0 saturated carbocycles. The molecule has 3 aromatic heterocycles. The van der Waals surface area contributed by atoms with E-state index >= 15 is 0 Å². The van der Waals surface area contributed by atoms with Crippen molar-refractivity contribution in [2.75, 3.05) is 5.73 Å². The van der Waals surface area contributed by atoms with Gasteiger partial charge in [-0.1, -0.05) is 0 Å². The van der Waals surface area contributed by atoms with E-state index in [0.717, 1.165) is 0 Å². The molecule has 0 aromatic carbocycles. The number of pyridine rings is 1. The molecule has 0 aliphatic heterocycles. The molecule has 0 saturated heterocycles. The maximum absolute atomic E-state index is 10.9. The average Bonchev–Trinajstić information content (AvgIpc) is 2.78. The summed E-state index contributed by atoms with van der Waals surface area (Å²) < 4.78 is 1.66. The molecule has 0 radical (unpaired) electrons. The Morgan fingerprint density at radius 2 is 2.18 bits per heavy atom. The number of carbonyl (C=O) groups is 1. The Balaban J connectivity index is 2.48. The fourth-order valence-corrected chi connectivity index (χ4v) is 1.67. The van der Waals surface area contributed by atoms with E-state index in [4.69, 9.17) is 10.8 Å². The van der Waals surface area contributed by atoms with Gasteiger partial charge in [-0.05, 0) is 6.07 Å². The number of hydrogen-bond donors (Lipinski definition) is 2. The molecular formula is C10H7N5O2. The number of nitrogen functional groups attached to an aromatic ring is 1. The molecule has 3 N–H and O–H groups in total. The molecule has 0 aliphatic carbocycles. The lowest BCUT2D eigenvalue weighted by Gasteiger charge is -2.04. The standard InChI is InChI=1S/C10H7N5O2/c11-8-7-3-12-4-15(7)6-1-5(10(16)17)2-13-9(6)14-8/h1-4H,(H,16,17)(H2,11,13,14). The van der Waals surface area contributed by atoms with Crippen molar-refractivity contribution < 1.29 is 9.90 Å². The van der Waals surface area contributed by atoms with Gasteiger partial charge >= 0.3 is 5.97 Å². The number of nitrogens with zero attached hydrogens (tertiary/aromatic N) is 4. The van der Waals surface area contributed by atoms with Crippen molar-refractivity contribution in [3.63, 3.8) is 0 Å². The second-order valence-corrected chi connectivity index (χ2v) is 3.52. The third kappa shape index (κ3) is 1.29. The molecule has 0 amide bonds. The predicted molar refractivity (Wildman–Crippen MR) is 59.7 cm³/mol. The van der Waals surface area contributed by atoms with Crippen molar-refractivity contribution in [2.45, 2.75) is 0 Å². The molecule has 7 heteroatoms. The second-order valence-electron chi connectivity index (χ2n) is 3.52. The third-order valence-corrected chi connectivity index (χ3v) is 2.48. The fraction of sp³-hybridized carbons (Fsp3) is 0. The number of aromatic nitrogens is 4. The first-order chi connectivity index (χ1) is 8.16. The quantitative estimate of drug-likeness (QED) is 0.631. The van der Waals surface area contributed by atoms with Gasteiger partial charge in [0.25, 0.3) is 0 Å². The van der Waals surface area contributed by atoms with Crippen LogP contribution in [0.1, 0.15) is 10.4 Å². The zero-order valence-corrected chi connectivity index (χ0v) is 8.53. The van der Waals surface area contributed by atoms with E-state index in [1.807, 2.05) is 0 Å². The number of hydrogen-bond acceptors (Lipinski definition) is 5. The highest BCUT2D eigenvalue weighted by atomic mass is 16.4. The van der Waals surface area contributed by atoms with E-state index in [0.29, 0.717) is 22.5 Å². The summed E-state index contributed by atoms with van der Waals surface area (Å²) in [7, 11) is 0. The van der Waals surface area contributed by atoms with E-state index in [1.165, 1.54) is 12.3 Å². The molecule has 3 aromatic rings. The average molecular weight is 229 g/mol. The molecule has 7 nitrogen and oxygen atoms in total. The lowest BCUT2D eigenvalue weighted by Crippen LogP contribution is -2.02. The Labute approximate surface area is 94.6 Å². The highest BCUT2D eigenvalue weighted by Crippen LogP contribution is 2.18. The SMILES string of the molecule is Nc1nc2ncc(C(=O)O)cc2n2cncc12. The topological polar surface area (TPSA) is 106 Å². The van der Waals surface area contributed by atoms with Crippen LogP contribution < -0.4 is 5.73 Å². The van der Waals surface area contributed by atoms with Crippen LogP contribution in [0.15, 0.2) is 24.8 Å². The molecule has 0 bridgehead atoms.